The van der Waals surface area contributed by atoms with Crippen LogP contribution in [0.5, 0.6) is 0 Å². The summed E-state index contributed by atoms with van der Waals surface area (Å²) in [7, 11) is 1.63. The standard InChI is InChI=1S/C11H15FO2/c1-9-7-10(3-4-11(9)12)8-14-6-5-13-2/h3-4,7H,5-6,8H2,1-2H3. The van der Waals surface area contributed by atoms with E-state index in [4.69, 9.17) is 9.47 Å². The van der Waals surface area contributed by atoms with Crippen LogP contribution in [0.1, 0.15) is 11.1 Å². The van der Waals surface area contributed by atoms with Crippen LogP contribution in [-0.4, -0.2) is 20.3 Å². The Morgan fingerprint density at radius 1 is 1.29 bits per heavy atom. The molecule has 0 spiro atoms. The van der Waals surface area contributed by atoms with Gasteiger partial charge in [-0.1, -0.05) is 12.1 Å². The maximum absolute atomic E-state index is 12.9. The van der Waals surface area contributed by atoms with Gasteiger partial charge in [0.25, 0.3) is 0 Å². The van der Waals surface area contributed by atoms with E-state index in [9.17, 15) is 4.39 Å². The molecule has 1 rings (SSSR count). The summed E-state index contributed by atoms with van der Waals surface area (Å²) < 4.78 is 23.0. The number of ether oxygens (including phenoxy) is 2. The predicted molar refractivity (Wildman–Crippen MR) is 52.7 cm³/mol. The van der Waals surface area contributed by atoms with Gasteiger partial charge in [-0.05, 0) is 24.1 Å². The summed E-state index contributed by atoms with van der Waals surface area (Å²) in [4.78, 5) is 0. The number of halogens is 1. The molecule has 0 heterocycles. The summed E-state index contributed by atoms with van der Waals surface area (Å²) in [5.41, 5.74) is 1.64. The molecule has 3 heteroatoms. The Bertz CT molecular complexity index is 287. The quantitative estimate of drug-likeness (QED) is 0.676. The summed E-state index contributed by atoms with van der Waals surface area (Å²) in [5.74, 6) is -0.175. The number of hydrogen-bond donors (Lipinski definition) is 0. The predicted octanol–water partition coefficient (Wildman–Crippen LogP) is 2.30. The Morgan fingerprint density at radius 3 is 2.71 bits per heavy atom. The Balaban J connectivity index is 2.39. The zero-order valence-electron chi connectivity index (χ0n) is 8.55. The molecule has 2 nitrogen and oxygen atoms in total. The average molecular weight is 198 g/mol. The summed E-state index contributed by atoms with van der Waals surface area (Å²) in [5, 5.41) is 0. The van der Waals surface area contributed by atoms with Crippen molar-refractivity contribution in [2.75, 3.05) is 20.3 Å². The van der Waals surface area contributed by atoms with E-state index < -0.39 is 0 Å². The molecule has 0 fully saturated rings. The highest BCUT2D eigenvalue weighted by Gasteiger charge is 1.98. The molecule has 0 aromatic heterocycles. The van der Waals surface area contributed by atoms with Gasteiger partial charge in [0.2, 0.25) is 0 Å². The Labute approximate surface area is 83.6 Å². The molecule has 0 bridgehead atoms. The van der Waals surface area contributed by atoms with E-state index in [-0.39, 0.29) is 5.82 Å². The van der Waals surface area contributed by atoms with Crippen molar-refractivity contribution in [1.29, 1.82) is 0 Å². The largest absolute Gasteiger partial charge is 0.382 e. The Kier molecular flexibility index (Phi) is 4.56. The van der Waals surface area contributed by atoms with Crippen molar-refractivity contribution in [2.24, 2.45) is 0 Å². The minimum atomic E-state index is -0.175. The molecule has 78 valence electrons. The molecule has 0 N–H and O–H groups in total. The first-order valence-corrected chi connectivity index (χ1v) is 4.55. The zero-order valence-corrected chi connectivity index (χ0v) is 8.55. The second kappa shape index (κ2) is 5.73. The third-order valence-corrected chi connectivity index (χ3v) is 1.92. The summed E-state index contributed by atoms with van der Waals surface area (Å²) in [6.07, 6.45) is 0. The van der Waals surface area contributed by atoms with Crippen LogP contribution in [0.25, 0.3) is 0 Å². The van der Waals surface area contributed by atoms with Gasteiger partial charge in [-0.2, -0.15) is 0 Å². The van der Waals surface area contributed by atoms with Crippen LogP contribution in [0.3, 0.4) is 0 Å². The van der Waals surface area contributed by atoms with Gasteiger partial charge in [0.1, 0.15) is 5.82 Å². The van der Waals surface area contributed by atoms with Gasteiger partial charge in [0.05, 0.1) is 19.8 Å². The molecule has 0 amide bonds. The van der Waals surface area contributed by atoms with Crippen LogP contribution in [0.2, 0.25) is 0 Å². The summed E-state index contributed by atoms with van der Waals surface area (Å²) in [6.45, 7) is 3.39. The fourth-order valence-corrected chi connectivity index (χ4v) is 1.13. The lowest BCUT2D eigenvalue weighted by molar-refractivity contribution is 0.0616. The molecule has 1 aromatic carbocycles. The van der Waals surface area contributed by atoms with Gasteiger partial charge in [0, 0.05) is 7.11 Å². The van der Waals surface area contributed by atoms with Gasteiger partial charge in [0.15, 0.2) is 0 Å². The van der Waals surface area contributed by atoms with Gasteiger partial charge < -0.3 is 9.47 Å². The van der Waals surface area contributed by atoms with Crippen molar-refractivity contribution in [3.63, 3.8) is 0 Å². The summed E-state index contributed by atoms with van der Waals surface area (Å²) >= 11 is 0. The van der Waals surface area contributed by atoms with E-state index in [1.807, 2.05) is 0 Å². The van der Waals surface area contributed by atoms with Crippen molar-refractivity contribution in [1.82, 2.24) is 0 Å². The molecule has 0 aliphatic carbocycles. The van der Waals surface area contributed by atoms with Gasteiger partial charge in [-0.25, -0.2) is 4.39 Å². The molecular formula is C11H15FO2. The minimum absolute atomic E-state index is 0.175. The van der Waals surface area contributed by atoms with Crippen molar-refractivity contribution in [3.05, 3.63) is 35.1 Å². The lowest BCUT2D eigenvalue weighted by Crippen LogP contribution is -2.02. The first-order valence-electron chi connectivity index (χ1n) is 4.55. The molecular weight excluding hydrogens is 183 g/mol. The normalized spacial score (nSPS) is 10.5. The van der Waals surface area contributed by atoms with Gasteiger partial charge >= 0.3 is 0 Å². The van der Waals surface area contributed by atoms with Crippen LogP contribution < -0.4 is 0 Å². The minimum Gasteiger partial charge on any atom is -0.382 e. The Morgan fingerprint density at radius 2 is 2.07 bits per heavy atom. The SMILES string of the molecule is COCCOCc1ccc(F)c(C)c1. The molecule has 0 aliphatic rings. The van der Waals surface area contributed by atoms with Crippen LogP contribution >= 0.6 is 0 Å². The van der Waals surface area contributed by atoms with Crippen LogP contribution in [0.15, 0.2) is 18.2 Å². The number of benzene rings is 1. The highest BCUT2D eigenvalue weighted by atomic mass is 19.1. The first kappa shape index (κ1) is 11.1. The molecule has 1 aromatic rings. The molecule has 0 unspecified atom stereocenters. The van der Waals surface area contributed by atoms with Crippen LogP contribution in [-0.2, 0) is 16.1 Å². The van der Waals surface area contributed by atoms with Crippen molar-refractivity contribution < 1.29 is 13.9 Å². The highest BCUT2D eigenvalue weighted by Crippen LogP contribution is 2.09. The fraction of sp³-hybridized carbons (Fsp3) is 0.455. The average Bonchev–Trinajstić information content (AvgIpc) is 2.18. The van der Waals surface area contributed by atoms with Crippen LogP contribution in [0.4, 0.5) is 4.39 Å². The van der Waals surface area contributed by atoms with E-state index >= 15 is 0 Å². The molecule has 0 atom stereocenters. The van der Waals surface area contributed by atoms with Gasteiger partial charge in [-0.15, -0.1) is 0 Å². The smallest absolute Gasteiger partial charge is 0.126 e. The van der Waals surface area contributed by atoms with E-state index in [2.05, 4.69) is 0 Å². The van der Waals surface area contributed by atoms with E-state index in [1.54, 1.807) is 26.2 Å². The van der Waals surface area contributed by atoms with E-state index in [0.29, 0.717) is 25.4 Å². The number of aryl methyl sites for hydroxylation is 1. The van der Waals surface area contributed by atoms with Crippen molar-refractivity contribution >= 4 is 0 Å². The lowest BCUT2D eigenvalue weighted by Gasteiger charge is -2.04. The second-order valence-electron chi connectivity index (χ2n) is 3.13. The maximum Gasteiger partial charge on any atom is 0.126 e. The van der Waals surface area contributed by atoms with Crippen molar-refractivity contribution in [2.45, 2.75) is 13.5 Å². The van der Waals surface area contributed by atoms with E-state index in [1.165, 1.54) is 6.07 Å². The van der Waals surface area contributed by atoms with Gasteiger partial charge in [-0.3, -0.25) is 0 Å². The molecule has 0 aliphatic heterocycles. The van der Waals surface area contributed by atoms with Crippen LogP contribution in [0, 0.1) is 12.7 Å². The third-order valence-electron chi connectivity index (χ3n) is 1.92. The highest BCUT2D eigenvalue weighted by molar-refractivity contribution is 5.23. The second-order valence-corrected chi connectivity index (χ2v) is 3.13. The topological polar surface area (TPSA) is 18.5 Å². The number of hydrogen-bond acceptors (Lipinski definition) is 2. The Hall–Kier alpha value is -0.930. The lowest BCUT2D eigenvalue weighted by atomic mass is 10.1. The summed E-state index contributed by atoms with van der Waals surface area (Å²) in [6, 6.07) is 4.99. The molecule has 0 saturated heterocycles. The fourth-order valence-electron chi connectivity index (χ4n) is 1.13. The molecule has 0 radical (unpaired) electrons. The maximum atomic E-state index is 12.9. The number of rotatable bonds is 5. The molecule has 0 saturated carbocycles. The monoisotopic (exact) mass is 198 g/mol. The molecule has 14 heavy (non-hydrogen) atoms. The first-order chi connectivity index (χ1) is 6.74. The van der Waals surface area contributed by atoms with Crippen molar-refractivity contribution in [3.8, 4) is 0 Å². The number of methoxy groups -OCH3 is 1. The third kappa shape index (κ3) is 3.44. The zero-order chi connectivity index (χ0) is 10.4. The van der Waals surface area contributed by atoms with E-state index in [0.717, 1.165) is 5.56 Å².